The molecule has 370 valence electrons. The zero-order valence-electron chi connectivity index (χ0n) is 44.3. The Bertz CT molecular complexity index is 4290. The van der Waals surface area contributed by atoms with Gasteiger partial charge in [-0.25, -0.2) is 0 Å². The van der Waals surface area contributed by atoms with Crippen LogP contribution in [0.3, 0.4) is 0 Å². The first-order chi connectivity index (χ1) is 38.3. The molecule has 0 aromatic heterocycles. The average molecular weight is 997 g/mol. The molecule has 0 saturated heterocycles. The maximum absolute atomic E-state index is 2.55. The van der Waals surface area contributed by atoms with E-state index in [1.54, 1.807) is 0 Å². The summed E-state index contributed by atoms with van der Waals surface area (Å²) in [5, 5.41) is 9.86. The van der Waals surface area contributed by atoms with E-state index in [0.717, 1.165) is 11.4 Å². The fourth-order valence-electron chi connectivity index (χ4n) is 14.1. The SMILES string of the molecule is CC1(C)c2ccccc2N(c2ccccc2)c2cccc(-c3cccc4c(-c5c6ccccc6c(-c6ccccc6)c6ccccc56)c5cccc(-c6cccc7c6C(C)(C)c6ccccc6N7c6ccccc6)c5cc34)c21. The summed E-state index contributed by atoms with van der Waals surface area (Å²) >= 11 is 0. The van der Waals surface area contributed by atoms with E-state index < -0.39 is 0 Å². The highest BCUT2D eigenvalue weighted by atomic mass is 15.2. The minimum absolute atomic E-state index is 0.337. The quantitative estimate of drug-likeness (QED) is 0.153. The number of benzene rings is 13. The summed E-state index contributed by atoms with van der Waals surface area (Å²) in [6, 6.07) is 99.7. The third-order valence-corrected chi connectivity index (χ3v) is 17.3. The summed E-state index contributed by atoms with van der Waals surface area (Å²) < 4.78 is 0. The zero-order chi connectivity index (χ0) is 52.3. The van der Waals surface area contributed by atoms with Crippen LogP contribution in [0.15, 0.2) is 267 Å². The smallest absolute Gasteiger partial charge is 0.0508 e. The van der Waals surface area contributed by atoms with E-state index in [2.05, 4.69) is 304 Å². The Kier molecular flexibility index (Phi) is 10.3. The molecular formula is C76H56N2. The number of fused-ring (bicyclic) bond motifs is 8. The van der Waals surface area contributed by atoms with Crippen LogP contribution in [0.25, 0.3) is 87.6 Å². The lowest BCUT2D eigenvalue weighted by molar-refractivity contribution is 0.633. The molecule has 2 nitrogen and oxygen atoms in total. The molecule has 0 fully saturated rings. The van der Waals surface area contributed by atoms with Crippen molar-refractivity contribution in [1.29, 1.82) is 0 Å². The summed E-state index contributed by atoms with van der Waals surface area (Å²) in [4.78, 5) is 4.96. The molecule has 2 aliphatic rings. The van der Waals surface area contributed by atoms with Crippen LogP contribution < -0.4 is 9.80 Å². The van der Waals surface area contributed by atoms with Crippen molar-refractivity contribution in [3.8, 4) is 44.5 Å². The third-order valence-electron chi connectivity index (χ3n) is 17.3. The monoisotopic (exact) mass is 996 g/mol. The van der Waals surface area contributed by atoms with E-state index in [4.69, 9.17) is 0 Å². The van der Waals surface area contributed by atoms with Crippen molar-refractivity contribution in [3.05, 3.63) is 289 Å². The lowest BCUT2D eigenvalue weighted by Gasteiger charge is -2.43. The van der Waals surface area contributed by atoms with Gasteiger partial charge < -0.3 is 9.80 Å². The third kappa shape index (κ3) is 6.69. The van der Waals surface area contributed by atoms with Crippen molar-refractivity contribution in [3.63, 3.8) is 0 Å². The van der Waals surface area contributed by atoms with Gasteiger partial charge in [-0.3, -0.25) is 0 Å². The van der Waals surface area contributed by atoms with Crippen molar-refractivity contribution in [2.24, 2.45) is 0 Å². The van der Waals surface area contributed by atoms with Crippen LogP contribution in [0.1, 0.15) is 49.9 Å². The van der Waals surface area contributed by atoms with Crippen molar-refractivity contribution < 1.29 is 0 Å². The molecular weight excluding hydrogens is 941 g/mol. The Hall–Kier alpha value is -9.50. The maximum atomic E-state index is 2.55. The highest BCUT2D eigenvalue weighted by molar-refractivity contribution is 6.29. The predicted octanol–water partition coefficient (Wildman–Crippen LogP) is 21.2. The van der Waals surface area contributed by atoms with Crippen molar-refractivity contribution in [2.75, 3.05) is 9.80 Å². The van der Waals surface area contributed by atoms with Crippen LogP contribution in [0.2, 0.25) is 0 Å². The van der Waals surface area contributed by atoms with Gasteiger partial charge in [0.25, 0.3) is 0 Å². The van der Waals surface area contributed by atoms with Gasteiger partial charge in [-0.05, 0) is 164 Å². The lowest BCUT2D eigenvalue weighted by atomic mass is 9.70. The number of hydrogen-bond acceptors (Lipinski definition) is 2. The highest BCUT2D eigenvalue weighted by Gasteiger charge is 2.41. The molecule has 2 aliphatic heterocycles. The summed E-state index contributed by atoms with van der Waals surface area (Å²) in [5.74, 6) is 0. The molecule has 13 aromatic carbocycles. The minimum atomic E-state index is -0.337. The van der Waals surface area contributed by atoms with Gasteiger partial charge in [0.2, 0.25) is 0 Å². The van der Waals surface area contributed by atoms with Gasteiger partial charge in [-0.1, -0.05) is 240 Å². The first-order valence-corrected chi connectivity index (χ1v) is 27.4. The molecule has 0 atom stereocenters. The number of hydrogen-bond donors (Lipinski definition) is 0. The fraction of sp³-hybridized carbons (Fsp3) is 0.0789. The van der Waals surface area contributed by atoms with E-state index in [0.29, 0.717) is 0 Å². The van der Waals surface area contributed by atoms with Gasteiger partial charge in [0.15, 0.2) is 0 Å². The molecule has 13 aromatic rings. The van der Waals surface area contributed by atoms with Gasteiger partial charge in [0, 0.05) is 22.2 Å². The van der Waals surface area contributed by atoms with Crippen LogP contribution in [0.4, 0.5) is 34.1 Å². The standard InChI is InChI=1S/C76H56N2/c1-75(2)64-42-18-20-44-66(64)77(50-28-10-6-11-29-50)68-46-24-40-60(73(68)75)52-36-22-38-58-62(52)48-63-53(61-41-25-47-69-74(61)76(3,4)65-43-19-21-45-67(65)78(69)51-30-12-7-13-31-51)37-23-39-59(63)72(58)71-56-34-16-14-32-54(56)70(49-26-8-5-9-27-49)55-33-15-17-35-57(55)71/h5-48H,1-4H3. The normalized spacial score (nSPS) is 14.1. The van der Waals surface area contributed by atoms with Crippen LogP contribution in [0.5, 0.6) is 0 Å². The second-order valence-corrected chi connectivity index (χ2v) is 22.3. The Labute approximate surface area is 456 Å². The molecule has 0 spiro atoms. The van der Waals surface area contributed by atoms with E-state index in [1.807, 2.05) is 0 Å². The Morgan fingerprint density at radius 3 is 0.987 bits per heavy atom. The van der Waals surface area contributed by atoms with E-state index in [9.17, 15) is 0 Å². The van der Waals surface area contributed by atoms with Gasteiger partial charge in [0.05, 0.1) is 22.7 Å². The van der Waals surface area contributed by atoms with Crippen LogP contribution in [0, 0.1) is 0 Å². The molecule has 0 bridgehead atoms. The summed E-state index contributed by atoms with van der Waals surface area (Å²) in [7, 11) is 0. The van der Waals surface area contributed by atoms with E-state index >= 15 is 0 Å². The van der Waals surface area contributed by atoms with Crippen molar-refractivity contribution >= 4 is 77.2 Å². The first-order valence-electron chi connectivity index (χ1n) is 27.4. The van der Waals surface area contributed by atoms with Gasteiger partial charge >= 0.3 is 0 Å². The molecule has 0 radical (unpaired) electrons. The molecule has 15 rings (SSSR count). The fourth-order valence-corrected chi connectivity index (χ4v) is 14.1. The largest absolute Gasteiger partial charge is 0.310 e. The number of rotatable bonds is 6. The molecule has 2 heterocycles. The van der Waals surface area contributed by atoms with Crippen LogP contribution >= 0.6 is 0 Å². The van der Waals surface area contributed by atoms with Crippen molar-refractivity contribution in [1.82, 2.24) is 0 Å². The van der Waals surface area contributed by atoms with Gasteiger partial charge in [-0.15, -0.1) is 0 Å². The molecule has 0 saturated carbocycles. The summed E-state index contributed by atoms with van der Waals surface area (Å²) in [6.45, 7) is 9.68. The van der Waals surface area contributed by atoms with E-state index in [-0.39, 0.29) is 10.8 Å². The van der Waals surface area contributed by atoms with Crippen LogP contribution in [-0.2, 0) is 10.8 Å². The summed E-state index contributed by atoms with van der Waals surface area (Å²) in [6.07, 6.45) is 0. The second kappa shape index (κ2) is 17.5. The minimum Gasteiger partial charge on any atom is -0.310 e. The Morgan fingerprint density at radius 1 is 0.244 bits per heavy atom. The van der Waals surface area contributed by atoms with Gasteiger partial charge in [-0.2, -0.15) is 0 Å². The average Bonchev–Trinajstić information content (AvgIpc) is 3.67. The molecule has 0 aliphatic carbocycles. The molecule has 0 unspecified atom stereocenters. The molecule has 78 heavy (non-hydrogen) atoms. The lowest BCUT2D eigenvalue weighted by Crippen LogP contribution is -2.31. The Morgan fingerprint density at radius 2 is 0.551 bits per heavy atom. The highest BCUT2D eigenvalue weighted by Crippen LogP contribution is 2.58. The topological polar surface area (TPSA) is 6.48 Å². The number of nitrogens with zero attached hydrogens (tertiary/aromatic N) is 2. The maximum Gasteiger partial charge on any atom is 0.0508 e. The molecule has 0 N–H and O–H groups in total. The van der Waals surface area contributed by atoms with Gasteiger partial charge in [0.1, 0.15) is 0 Å². The number of para-hydroxylation sites is 4. The molecule has 2 heteroatoms. The van der Waals surface area contributed by atoms with E-state index in [1.165, 1.54) is 133 Å². The zero-order valence-corrected chi connectivity index (χ0v) is 44.3. The van der Waals surface area contributed by atoms with Crippen molar-refractivity contribution in [2.45, 2.75) is 38.5 Å². The Balaban J connectivity index is 1.09. The molecule has 0 amide bonds. The number of anilines is 6. The predicted molar refractivity (Wildman–Crippen MR) is 332 cm³/mol. The van der Waals surface area contributed by atoms with Crippen LogP contribution in [-0.4, -0.2) is 0 Å². The second-order valence-electron chi connectivity index (χ2n) is 22.3. The summed E-state index contributed by atoms with van der Waals surface area (Å²) in [5.41, 5.74) is 21.6. The first kappa shape index (κ1) is 45.9.